The predicted octanol–water partition coefficient (Wildman–Crippen LogP) is 4.14. The molecular weight excluding hydrogens is 334 g/mol. The molecule has 0 bridgehead atoms. The van der Waals surface area contributed by atoms with E-state index in [-0.39, 0.29) is 0 Å². The highest BCUT2D eigenvalue weighted by Gasteiger charge is 2.20. The van der Waals surface area contributed by atoms with E-state index in [1.165, 1.54) is 6.42 Å². The molecule has 0 aliphatic heterocycles. The van der Waals surface area contributed by atoms with E-state index in [4.69, 9.17) is 4.74 Å². The Morgan fingerprint density at radius 3 is 2.84 bits per heavy atom. The van der Waals surface area contributed by atoms with Gasteiger partial charge in [0, 0.05) is 22.9 Å². The third-order valence-corrected chi connectivity index (χ3v) is 5.28. The van der Waals surface area contributed by atoms with Gasteiger partial charge in [-0.15, -0.1) is 0 Å². The van der Waals surface area contributed by atoms with Crippen molar-refractivity contribution in [3.8, 4) is 5.75 Å². The molecule has 0 spiro atoms. The van der Waals surface area contributed by atoms with Crippen LogP contribution in [0.2, 0.25) is 0 Å². The number of nitrogens with zero attached hydrogens (tertiary/aromatic N) is 2. The summed E-state index contributed by atoms with van der Waals surface area (Å²) in [6.45, 7) is 4.83. The number of pyridine rings is 1. The van der Waals surface area contributed by atoms with Gasteiger partial charge in [0.15, 0.2) is 5.75 Å². The zero-order valence-corrected chi connectivity index (χ0v) is 15.4. The van der Waals surface area contributed by atoms with Crippen molar-refractivity contribution < 1.29 is 9.29 Å². The average Bonchev–Trinajstić information content (AvgIpc) is 3.06. The Morgan fingerprint density at radius 2 is 2.04 bits per heavy atom. The summed E-state index contributed by atoms with van der Waals surface area (Å²) >= 11 is -1.28. The second-order valence-corrected chi connectivity index (χ2v) is 7.35. The first-order valence-electron chi connectivity index (χ1n) is 8.59. The molecular formula is C19H23N3O2S. The van der Waals surface area contributed by atoms with E-state index in [0.717, 1.165) is 40.9 Å². The largest absolute Gasteiger partial charge is 0.609 e. The smallest absolute Gasteiger partial charge is 0.322 e. The van der Waals surface area contributed by atoms with Crippen LogP contribution >= 0.6 is 0 Å². The van der Waals surface area contributed by atoms with Gasteiger partial charge >= 0.3 is 5.16 Å². The van der Waals surface area contributed by atoms with Gasteiger partial charge in [-0.1, -0.05) is 31.9 Å². The minimum absolute atomic E-state index is 0.317. The normalized spacial score (nSPS) is 12.4. The fraction of sp³-hybridized carbons (Fsp3) is 0.368. The van der Waals surface area contributed by atoms with Crippen molar-refractivity contribution in [2.45, 2.75) is 44.0 Å². The number of hydrogen-bond donors (Lipinski definition) is 1. The molecule has 3 rings (SSSR count). The van der Waals surface area contributed by atoms with E-state index in [0.29, 0.717) is 17.5 Å². The van der Waals surface area contributed by atoms with Gasteiger partial charge in [-0.05, 0) is 31.5 Å². The first-order chi connectivity index (χ1) is 12.2. The Balaban J connectivity index is 1.71. The molecule has 1 aromatic carbocycles. The van der Waals surface area contributed by atoms with E-state index in [9.17, 15) is 4.55 Å². The van der Waals surface area contributed by atoms with Crippen LogP contribution in [-0.4, -0.2) is 26.1 Å². The van der Waals surface area contributed by atoms with Crippen molar-refractivity contribution in [3.63, 3.8) is 0 Å². The van der Waals surface area contributed by atoms with E-state index in [1.807, 2.05) is 37.3 Å². The van der Waals surface area contributed by atoms with Crippen molar-refractivity contribution in [1.29, 1.82) is 0 Å². The zero-order valence-electron chi connectivity index (χ0n) is 14.6. The Bertz CT molecular complexity index is 801. The SMILES string of the molecule is CCCCCOc1ccnc(C[S+]([O-])c2nc3ccccc3[nH]2)c1C. The van der Waals surface area contributed by atoms with Gasteiger partial charge in [0.2, 0.25) is 0 Å². The number of ether oxygens (including phenoxy) is 1. The van der Waals surface area contributed by atoms with Crippen molar-refractivity contribution in [3.05, 3.63) is 47.8 Å². The van der Waals surface area contributed by atoms with Crippen LogP contribution in [0.4, 0.5) is 0 Å². The lowest BCUT2D eigenvalue weighted by Gasteiger charge is -2.13. The molecule has 1 N–H and O–H groups in total. The molecule has 3 aromatic rings. The van der Waals surface area contributed by atoms with Gasteiger partial charge in [0.1, 0.15) is 5.75 Å². The summed E-state index contributed by atoms with van der Waals surface area (Å²) in [6.07, 6.45) is 5.08. The van der Waals surface area contributed by atoms with Crippen LogP contribution < -0.4 is 4.74 Å². The first-order valence-corrected chi connectivity index (χ1v) is 9.91. The monoisotopic (exact) mass is 357 g/mol. The molecule has 132 valence electrons. The molecule has 0 saturated carbocycles. The lowest BCUT2D eigenvalue weighted by molar-refractivity contribution is 0.303. The highest BCUT2D eigenvalue weighted by Crippen LogP contribution is 2.24. The highest BCUT2D eigenvalue weighted by atomic mass is 32.2. The fourth-order valence-electron chi connectivity index (χ4n) is 2.62. The van der Waals surface area contributed by atoms with Crippen molar-refractivity contribution in [1.82, 2.24) is 15.0 Å². The predicted molar refractivity (Wildman–Crippen MR) is 100 cm³/mol. The molecule has 0 fully saturated rings. The van der Waals surface area contributed by atoms with Gasteiger partial charge in [0.25, 0.3) is 0 Å². The number of fused-ring (bicyclic) bond motifs is 1. The van der Waals surface area contributed by atoms with Crippen LogP contribution in [0.5, 0.6) is 5.75 Å². The summed E-state index contributed by atoms with van der Waals surface area (Å²) in [4.78, 5) is 11.9. The van der Waals surface area contributed by atoms with E-state index >= 15 is 0 Å². The van der Waals surface area contributed by atoms with Crippen LogP contribution in [0.15, 0.2) is 41.7 Å². The van der Waals surface area contributed by atoms with Gasteiger partial charge in [-0.2, -0.15) is 4.98 Å². The third kappa shape index (κ3) is 4.32. The fourth-order valence-corrected chi connectivity index (χ4v) is 3.72. The lowest BCUT2D eigenvalue weighted by Crippen LogP contribution is -2.10. The Labute approximate surface area is 151 Å². The molecule has 2 aromatic heterocycles. The number of aromatic amines is 1. The molecule has 6 heteroatoms. The Kier molecular flexibility index (Phi) is 5.94. The third-order valence-electron chi connectivity index (χ3n) is 4.12. The molecule has 5 nitrogen and oxygen atoms in total. The van der Waals surface area contributed by atoms with Crippen LogP contribution in [0.3, 0.4) is 0 Å². The number of aromatic nitrogens is 3. The first kappa shape index (κ1) is 17.8. The number of nitrogens with one attached hydrogen (secondary N) is 1. The standard InChI is InChI=1S/C19H23N3O2S/c1-3-4-7-12-24-18-10-11-20-17(14(18)2)13-25(23)19-21-15-8-5-6-9-16(15)22-19/h5-6,8-11H,3-4,7,12-13H2,1-2H3,(H,21,22). The molecule has 1 unspecified atom stereocenters. The average molecular weight is 357 g/mol. The van der Waals surface area contributed by atoms with E-state index in [2.05, 4.69) is 21.9 Å². The summed E-state index contributed by atoms with van der Waals surface area (Å²) in [7, 11) is 0. The molecule has 0 amide bonds. The second kappa shape index (κ2) is 8.36. The van der Waals surface area contributed by atoms with Crippen LogP contribution in [0.1, 0.15) is 37.4 Å². The quantitative estimate of drug-likeness (QED) is 0.486. The van der Waals surface area contributed by atoms with Gasteiger partial charge in [-0.3, -0.25) is 9.97 Å². The van der Waals surface area contributed by atoms with Crippen LogP contribution in [-0.2, 0) is 16.9 Å². The lowest BCUT2D eigenvalue weighted by atomic mass is 10.2. The summed E-state index contributed by atoms with van der Waals surface area (Å²) in [5.41, 5.74) is 3.45. The Morgan fingerprint density at radius 1 is 1.20 bits per heavy atom. The maximum atomic E-state index is 12.7. The summed E-state index contributed by atoms with van der Waals surface area (Å²) in [5, 5.41) is 0.483. The molecule has 1 atom stereocenters. The second-order valence-electron chi connectivity index (χ2n) is 5.99. The number of unbranched alkanes of at least 4 members (excludes halogenated alkanes) is 2. The van der Waals surface area contributed by atoms with Crippen molar-refractivity contribution in [2.24, 2.45) is 0 Å². The number of rotatable bonds is 8. The van der Waals surface area contributed by atoms with Gasteiger partial charge in [0.05, 0.1) is 23.3 Å². The highest BCUT2D eigenvalue weighted by molar-refractivity contribution is 7.90. The molecule has 0 aliphatic carbocycles. The maximum Gasteiger partial charge on any atom is 0.322 e. The van der Waals surface area contributed by atoms with E-state index < -0.39 is 11.2 Å². The number of benzene rings is 1. The van der Waals surface area contributed by atoms with E-state index in [1.54, 1.807) is 6.20 Å². The molecule has 2 heterocycles. The summed E-state index contributed by atoms with van der Waals surface area (Å²) < 4.78 is 18.5. The zero-order chi connectivity index (χ0) is 17.6. The number of hydrogen-bond acceptors (Lipinski definition) is 4. The number of para-hydroxylation sites is 2. The minimum atomic E-state index is -1.28. The maximum absolute atomic E-state index is 12.7. The van der Waals surface area contributed by atoms with Gasteiger partial charge in [-0.25, -0.2) is 0 Å². The minimum Gasteiger partial charge on any atom is -0.609 e. The molecule has 25 heavy (non-hydrogen) atoms. The number of imidazole rings is 1. The number of H-pyrrole nitrogens is 1. The van der Waals surface area contributed by atoms with Crippen LogP contribution in [0.25, 0.3) is 11.0 Å². The van der Waals surface area contributed by atoms with Crippen molar-refractivity contribution in [2.75, 3.05) is 6.61 Å². The summed E-state index contributed by atoms with van der Waals surface area (Å²) in [6, 6.07) is 9.55. The Hall–Kier alpha value is -2.05. The van der Waals surface area contributed by atoms with Crippen LogP contribution in [0, 0.1) is 6.92 Å². The topological polar surface area (TPSA) is 73.9 Å². The molecule has 0 saturated heterocycles. The summed E-state index contributed by atoms with van der Waals surface area (Å²) in [5.74, 6) is 1.14. The molecule has 0 aliphatic rings. The van der Waals surface area contributed by atoms with Gasteiger partial charge < -0.3 is 9.29 Å². The molecule has 0 radical (unpaired) electrons. The van der Waals surface area contributed by atoms with Crippen molar-refractivity contribution >= 4 is 22.2 Å².